The van der Waals surface area contributed by atoms with Crippen molar-refractivity contribution in [2.45, 2.75) is 40.2 Å². The van der Waals surface area contributed by atoms with Crippen molar-refractivity contribution >= 4 is 0 Å². The molecule has 3 nitrogen and oxygen atoms in total. The summed E-state index contributed by atoms with van der Waals surface area (Å²) in [5, 5.41) is 0. The summed E-state index contributed by atoms with van der Waals surface area (Å²) in [4.78, 5) is 2.34. The van der Waals surface area contributed by atoms with Crippen molar-refractivity contribution in [1.29, 1.82) is 0 Å². The topological polar surface area (TPSA) is 38.5 Å². The first-order valence-electron chi connectivity index (χ1n) is 7.50. The van der Waals surface area contributed by atoms with E-state index in [1.165, 1.54) is 5.56 Å². The van der Waals surface area contributed by atoms with E-state index in [4.69, 9.17) is 10.5 Å². The van der Waals surface area contributed by atoms with Gasteiger partial charge in [0.05, 0.1) is 6.61 Å². The largest absolute Gasteiger partial charge is 0.494 e. The molecule has 0 aliphatic rings. The van der Waals surface area contributed by atoms with Gasteiger partial charge in [-0.05, 0) is 36.6 Å². The second kappa shape index (κ2) is 7.65. The van der Waals surface area contributed by atoms with E-state index in [-0.39, 0.29) is 11.5 Å². The maximum absolute atomic E-state index is 5.97. The third-order valence-electron chi connectivity index (χ3n) is 3.22. The molecule has 0 aromatic heterocycles. The number of rotatable bonds is 7. The van der Waals surface area contributed by atoms with Crippen LogP contribution in [0.3, 0.4) is 0 Å². The number of hydrogen-bond donors (Lipinski definition) is 1. The molecule has 0 heterocycles. The van der Waals surface area contributed by atoms with Crippen LogP contribution in [0.15, 0.2) is 24.3 Å². The van der Waals surface area contributed by atoms with E-state index in [2.05, 4.69) is 51.8 Å². The molecule has 0 radical (unpaired) electrons. The zero-order valence-electron chi connectivity index (χ0n) is 13.6. The Labute approximate surface area is 124 Å². The van der Waals surface area contributed by atoms with E-state index in [0.717, 1.165) is 25.3 Å². The Morgan fingerprint density at radius 3 is 2.25 bits per heavy atom. The molecule has 0 spiro atoms. The summed E-state index contributed by atoms with van der Waals surface area (Å²) in [6.07, 6.45) is 1.03. The van der Waals surface area contributed by atoms with Crippen LogP contribution in [-0.2, 0) is 0 Å². The monoisotopic (exact) mass is 278 g/mol. The molecule has 114 valence electrons. The minimum Gasteiger partial charge on any atom is -0.494 e. The third kappa shape index (κ3) is 5.51. The second-order valence-electron chi connectivity index (χ2n) is 6.64. The molecule has 0 saturated heterocycles. The van der Waals surface area contributed by atoms with Crippen molar-refractivity contribution in [2.24, 2.45) is 11.1 Å². The van der Waals surface area contributed by atoms with Gasteiger partial charge in [-0.15, -0.1) is 0 Å². The van der Waals surface area contributed by atoms with Crippen molar-refractivity contribution in [1.82, 2.24) is 4.90 Å². The Hall–Kier alpha value is -1.06. The highest BCUT2D eigenvalue weighted by atomic mass is 16.5. The van der Waals surface area contributed by atoms with Crippen molar-refractivity contribution in [3.05, 3.63) is 29.8 Å². The molecule has 1 rings (SSSR count). The molecule has 0 amide bonds. The van der Waals surface area contributed by atoms with Crippen LogP contribution in [0.2, 0.25) is 0 Å². The summed E-state index contributed by atoms with van der Waals surface area (Å²) >= 11 is 0. The first-order valence-corrected chi connectivity index (χ1v) is 7.50. The standard InChI is InChI=1S/C17H30N2O/c1-6-11-20-15-9-7-14(8-10-15)16(12-18)19(5)13-17(2,3)4/h7-10,16H,6,11-13,18H2,1-5H3. The minimum absolute atomic E-state index is 0.259. The van der Waals surface area contributed by atoms with Crippen LogP contribution in [0.1, 0.15) is 45.7 Å². The van der Waals surface area contributed by atoms with E-state index in [9.17, 15) is 0 Å². The van der Waals surface area contributed by atoms with Gasteiger partial charge in [0, 0.05) is 19.1 Å². The lowest BCUT2D eigenvalue weighted by Gasteiger charge is -2.33. The second-order valence-corrected chi connectivity index (χ2v) is 6.64. The summed E-state index contributed by atoms with van der Waals surface area (Å²) in [6, 6.07) is 8.59. The predicted molar refractivity (Wildman–Crippen MR) is 86.1 cm³/mol. The lowest BCUT2D eigenvalue weighted by molar-refractivity contribution is 0.175. The molecular weight excluding hydrogens is 248 g/mol. The third-order valence-corrected chi connectivity index (χ3v) is 3.22. The highest BCUT2D eigenvalue weighted by molar-refractivity contribution is 5.29. The van der Waals surface area contributed by atoms with E-state index in [0.29, 0.717) is 6.54 Å². The fourth-order valence-electron chi connectivity index (χ4n) is 2.44. The highest BCUT2D eigenvalue weighted by Crippen LogP contribution is 2.25. The fourth-order valence-corrected chi connectivity index (χ4v) is 2.44. The lowest BCUT2D eigenvalue weighted by Crippen LogP contribution is -2.36. The van der Waals surface area contributed by atoms with E-state index in [1.54, 1.807) is 0 Å². The van der Waals surface area contributed by atoms with Gasteiger partial charge in [0.1, 0.15) is 5.75 Å². The Morgan fingerprint density at radius 2 is 1.80 bits per heavy atom. The Balaban J connectivity index is 2.74. The van der Waals surface area contributed by atoms with Crippen LogP contribution in [0.5, 0.6) is 5.75 Å². The first-order chi connectivity index (χ1) is 9.37. The van der Waals surface area contributed by atoms with Gasteiger partial charge >= 0.3 is 0 Å². The predicted octanol–water partition coefficient (Wildman–Crippen LogP) is 3.45. The Bertz CT molecular complexity index is 381. The molecule has 1 unspecified atom stereocenters. The molecule has 0 aliphatic carbocycles. The van der Waals surface area contributed by atoms with Gasteiger partial charge in [0.25, 0.3) is 0 Å². The van der Waals surface area contributed by atoms with E-state index < -0.39 is 0 Å². The van der Waals surface area contributed by atoms with Crippen molar-refractivity contribution in [3.63, 3.8) is 0 Å². The van der Waals surface area contributed by atoms with Gasteiger partial charge in [-0.3, -0.25) is 4.90 Å². The molecule has 1 aromatic carbocycles. The van der Waals surface area contributed by atoms with Crippen LogP contribution in [0.4, 0.5) is 0 Å². The van der Waals surface area contributed by atoms with E-state index >= 15 is 0 Å². The van der Waals surface area contributed by atoms with Gasteiger partial charge in [-0.25, -0.2) is 0 Å². The van der Waals surface area contributed by atoms with Gasteiger partial charge in [0.2, 0.25) is 0 Å². The fraction of sp³-hybridized carbons (Fsp3) is 0.647. The number of hydrogen-bond acceptors (Lipinski definition) is 3. The summed E-state index contributed by atoms with van der Waals surface area (Å²) in [6.45, 7) is 11.3. The zero-order chi connectivity index (χ0) is 15.2. The number of likely N-dealkylation sites (N-methyl/N-ethyl adjacent to an activating group) is 1. The number of ether oxygens (including phenoxy) is 1. The van der Waals surface area contributed by atoms with Crippen LogP contribution in [0.25, 0.3) is 0 Å². The summed E-state index contributed by atoms with van der Waals surface area (Å²) in [7, 11) is 2.14. The molecule has 0 aliphatic heterocycles. The zero-order valence-corrected chi connectivity index (χ0v) is 13.6. The molecule has 0 bridgehead atoms. The Morgan fingerprint density at radius 1 is 1.20 bits per heavy atom. The summed E-state index contributed by atoms with van der Waals surface area (Å²) < 4.78 is 5.62. The van der Waals surface area contributed by atoms with Crippen LogP contribution < -0.4 is 10.5 Å². The normalized spacial score (nSPS) is 13.6. The number of nitrogens with two attached hydrogens (primary N) is 1. The molecule has 1 aromatic rings. The quantitative estimate of drug-likeness (QED) is 0.830. The summed E-state index contributed by atoms with van der Waals surface area (Å²) in [5.74, 6) is 0.935. The van der Waals surface area contributed by atoms with Crippen molar-refractivity contribution in [2.75, 3.05) is 26.7 Å². The maximum Gasteiger partial charge on any atom is 0.119 e. The van der Waals surface area contributed by atoms with Gasteiger partial charge in [-0.2, -0.15) is 0 Å². The van der Waals surface area contributed by atoms with Gasteiger partial charge < -0.3 is 10.5 Å². The SMILES string of the molecule is CCCOc1ccc(C(CN)N(C)CC(C)(C)C)cc1. The molecule has 1 atom stereocenters. The van der Waals surface area contributed by atoms with E-state index in [1.807, 2.05) is 12.1 Å². The van der Waals surface area contributed by atoms with Crippen molar-refractivity contribution < 1.29 is 4.74 Å². The molecule has 3 heteroatoms. The number of benzene rings is 1. The van der Waals surface area contributed by atoms with Crippen molar-refractivity contribution in [3.8, 4) is 5.75 Å². The van der Waals surface area contributed by atoms with Gasteiger partial charge in [0.15, 0.2) is 0 Å². The molecule has 0 fully saturated rings. The lowest BCUT2D eigenvalue weighted by atomic mass is 9.94. The van der Waals surface area contributed by atoms with Crippen LogP contribution >= 0.6 is 0 Å². The maximum atomic E-state index is 5.97. The molecule has 0 saturated carbocycles. The first kappa shape index (κ1) is 17.0. The highest BCUT2D eigenvalue weighted by Gasteiger charge is 2.20. The molecule has 20 heavy (non-hydrogen) atoms. The average molecular weight is 278 g/mol. The summed E-state index contributed by atoms with van der Waals surface area (Å²) in [5.41, 5.74) is 7.49. The van der Waals surface area contributed by atoms with Crippen LogP contribution in [0, 0.1) is 5.41 Å². The molecular formula is C17H30N2O. The smallest absolute Gasteiger partial charge is 0.119 e. The van der Waals surface area contributed by atoms with Crippen LogP contribution in [-0.4, -0.2) is 31.6 Å². The van der Waals surface area contributed by atoms with Gasteiger partial charge in [-0.1, -0.05) is 39.8 Å². The average Bonchev–Trinajstić information content (AvgIpc) is 2.36. The Kier molecular flexibility index (Phi) is 6.50. The molecule has 2 N–H and O–H groups in total. The number of nitrogens with zero attached hydrogens (tertiary/aromatic N) is 1. The minimum atomic E-state index is 0.259.